The van der Waals surface area contributed by atoms with Crippen molar-refractivity contribution < 1.29 is 9.53 Å². The molecule has 1 aromatic heterocycles. The number of pyridine rings is 1. The van der Waals surface area contributed by atoms with E-state index in [1.54, 1.807) is 6.92 Å². The highest BCUT2D eigenvalue weighted by Gasteiger charge is 2.23. The number of carbonyl (C=O) groups excluding carboxylic acids is 1. The number of H-pyrrole nitrogens is 1. The average Bonchev–Trinajstić information content (AvgIpc) is 2.39. The van der Waals surface area contributed by atoms with Crippen LogP contribution < -0.4 is 5.43 Å². The van der Waals surface area contributed by atoms with Crippen LogP contribution in [0, 0.1) is 5.92 Å². The molecule has 1 N–H and O–H groups in total. The summed E-state index contributed by atoms with van der Waals surface area (Å²) in [4.78, 5) is 27.0. The van der Waals surface area contributed by atoms with E-state index in [2.05, 4.69) is 11.9 Å². The van der Waals surface area contributed by atoms with Crippen molar-refractivity contribution in [1.82, 2.24) is 4.98 Å². The molecule has 0 bridgehead atoms. The van der Waals surface area contributed by atoms with Crippen molar-refractivity contribution in [1.29, 1.82) is 0 Å². The van der Waals surface area contributed by atoms with Crippen LogP contribution in [0.1, 0.15) is 48.3 Å². The third-order valence-corrected chi connectivity index (χ3v) is 3.64. The Bertz CT molecular complexity index is 504. The molecule has 0 aliphatic heterocycles. The number of hydrogen-bond acceptors (Lipinski definition) is 3. The van der Waals surface area contributed by atoms with Gasteiger partial charge in [0.2, 0.25) is 0 Å². The highest BCUT2D eigenvalue weighted by molar-refractivity contribution is 5.89. The summed E-state index contributed by atoms with van der Waals surface area (Å²) in [6, 6.07) is 0. The molecule has 98 valence electrons. The van der Waals surface area contributed by atoms with Crippen molar-refractivity contribution in [2.45, 2.75) is 39.5 Å². The van der Waals surface area contributed by atoms with Crippen LogP contribution in [0.3, 0.4) is 0 Å². The minimum atomic E-state index is -0.528. The Morgan fingerprint density at radius 3 is 2.94 bits per heavy atom. The number of aryl methyl sites for hydroxylation is 1. The maximum Gasteiger partial charge on any atom is 0.343 e. The minimum Gasteiger partial charge on any atom is -0.462 e. The third-order valence-electron chi connectivity index (χ3n) is 3.64. The summed E-state index contributed by atoms with van der Waals surface area (Å²) in [5, 5.41) is 0. The van der Waals surface area contributed by atoms with Gasteiger partial charge in [-0.25, -0.2) is 4.79 Å². The normalized spacial score (nSPS) is 18.2. The smallest absolute Gasteiger partial charge is 0.343 e. The topological polar surface area (TPSA) is 59.2 Å². The van der Waals surface area contributed by atoms with E-state index in [4.69, 9.17) is 4.74 Å². The highest BCUT2D eigenvalue weighted by Crippen LogP contribution is 2.24. The fraction of sp³-hybridized carbons (Fsp3) is 0.571. The van der Waals surface area contributed by atoms with E-state index in [0.29, 0.717) is 5.92 Å². The molecule has 0 saturated heterocycles. The number of nitrogens with one attached hydrogen (secondary N) is 1. The molecule has 2 rings (SSSR count). The van der Waals surface area contributed by atoms with Crippen molar-refractivity contribution in [2.24, 2.45) is 5.92 Å². The molecule has 4 heteroatoms. The minimum absolute atomic E-state index is 0.132. The van der Waals surface area contributed by atoms with E-state index in [-0.39, 0.29) is 17.6 Å². The van der Waals surface area contributed by atoms with E-state index in [1.165, 1.54) is 6.20 Å². The molecular weight excluding hydrogens is 230 g/mol. The largest absolute Gasteiger partial charge is 0.462 e. The molecule has 1 atom stereocenters. The Kier molecular flexibility index (Phi) is 3.84. The molecule has 0 saturated carbocycles. The number of aromatic nitrogens is 1. The zero-order chi connectivity index (χ0) is 13.1. The van der Waals surface area contributed by atoms with Gasteiger partial charge in [0.1, 0.15) is 5.56 Å². The van der Waals surface area contributed by atoms with Gasteiger partial charge in [0.05, 0.1) is 6.61 Å². The number of hydrogen-bond donors (Lipinski definition) is 1. The summed E-state index contributed by atoms with van der Waals surface area (Å²) in [5.74, 6) is 0.0243. The first-order valence-electron chi connectivity index (χ1n) is 6.57. The van der Waals surface area contributed by atoms with Gasteiger partial charge in [-0.3, -0.25) is 4.79 Å². The summed E-state index contributed by atoms with van der Waals surface area (Å²) in [6.45, 7) is 4.16. The van der Waals surface area contributed by atoms with Crippen molar-refractivity contribution in [3.05, 3.63) is 33.2 Å². The Morgan fingerprint density at radius 2 is 2.28 bits per heavy atom. The van der Waals surface area contributed by atoms with Gasteiger partial charge in [0, 0.05) is 17.5 Å². The van der Waals surface area contributed by atoms with Gasteiger partial charge in [-0.2, -0.15) is 0 Å². The molecule has 0 fully saturated rings. The van der Waals surface area contributed by atoms with Crippen molar-refractivity contribution in [2.75, 3.05) is 6.61 Å². The summed E-state index contributed by atoms with van der Waals surface area (Å²) in [5.41, 5.74) is 1.74. The molecule has 0 radical (unpaired) electrons. The van der Waals surface area contributed by atoms with E-state index >= 15 is 0 Å². The molecule has 1 aliphatic rings. The Morgan fingerprint density at radius 1 is 1.50 bits per heavy atom. The first-order chi connectivity index (χ1) is 8.67. The molecule has 18 heavy (non-hydrogen) atoms. The monoisotopic (exact) mass is 249 g/mol. The lowest BCUT2D eigenvalue weighted by Crippen LogP contribution is -2.28. The Hall–Kier alpha value is -1.58. The molecule has 1 aliphatic carbocycles. The predicted molar refractivity (Wildman–Crippen MR) is 68.8 cm³/mol. The molecular formula is C14H19NO3. The van der Waals surface area contributed by atoms with Gasteiger partial charge in [-0.1, -0.05) is 13.3 Å². The lowest BCUT2D eigenvalue weighted by molar-refractivity contribution is 0.0524. The zero-order valence-electron chi connectivity index (χ0n) is 10.9. The van der Waals surface area contributed by atoms with Gasteiger partial charge in [-0.15, -0.1) is 0 Å². The van der Waals surface area contributed by atoms with E-state index in [9.17, 15) is 9.59 Å². The van der Waals surface area contributed by atoms with Gasteiger partial charge < -0.3 is 9.72 Å². The van der Waals surface area contributed by atoms with Crippen LogP contribution in [-0.2, 0) is 17.6 Å². The van der Waals surface area contributed by atoms with Crippen LogP contribution in [0.2, 0.25) is 0 Å². The Labute approximate surface area is 106 Å². The SMILES string of the molecule is CCOC(=O)c1c[nH]c2c(c1=O)CC(CC)CC2. The fourth-order valence-electron chi connectivity index (χ4n) is 2.50. The lowest BCUT2D eigenvalue weighted by atomic mass is 9.84. The third kappa shape index (κ3) is 2.33. The second-order valence-electron chi connectivity index (χ2n) is 4.73. The summed E-state index contributed by atoms with van der Waals surface area (Å²) in [7, 11) is 0. The fourth-order valence-corrected chi connectivity index (χ4v) is 2.50. The average molecular weight is 249 g/mol. The maximum atomic E-state index is 12.3. The van der Waals surface area contributed by atoms with E-state index < -0.39 is 5.97 Å². The van der Waals surface area contributed by atoms with Crippen LogP contribution in [0.25, 0.3) is 0 Å². The maximum absolute atomic E-state index is 12.3. The number of carbonyl (C=O) groups is 1. The Balaban J connectivity index is 2.37. The van der Waals surface area contributed by atoms with Crippen molar-refractivity contribution in [3.63, 3.8) is 0 Å². The highest BCUT2D eigenvalue weighted by atomic mass is 16.5. The molecule has 1 unspecified atom stereocenters. The zero-order valence-corrected chi connectivity index (χ0v) is 10.9. The molecule has 0 amide bonds. The number of aromatic amines is 1. The van der Waals surface area contributed by atoms with Crippen LogP contribution in [-0.4, -0.2) is 17.6 Å². The number of esters is 1. The number of rotatable bonds is 3. The van der Waals surface area contributed by atoms with Crippen LogP contribution >= 0.6 is 0 Å². The summed E-state index contributed by atoms with van der Waals surface area (Å²) >= 11 is 0. The van der Waals surface area contributed by atoms with Gasteiger partial charge in [0.15, 0.2) is 5.43 Å². The van der Waals surface area contributed by atoms with Crippen LogP contribution in [0.5, 0.6) is 0 Å². The van der Waals surface area contributed by atoms with Gasteiger partial charge in [-0.05, 0) is 32.1 Å². The van der Waals surface area contributed by atoms with E-state index in [1.807, 2.05) is 0 Å². The molecule has 4 nitrogen and oxygen atoms in total. The molecule has 1 heterocycles. The van der Waals surface area contributed by atoms with Crippen molar-refractivity contribution >= 4 is 5.97 Å². The van der Waals surface area contributed by atoms with Crippen molar-refractivity contribution in [3.8, 4) is 0 Å². The van der Waals surface area contributed by atoms with Gasteiger partial charge >= 0.3 is 5.97 Å². The standard InChI is InChI=1S/C14H19NO3/c1-3-9-5-6-12-10(7-9)13(16)11(8-15-12)14(17)18-4-2/h8-9H,3-7H2,1-2H3,(H,15,16). The second-order valence-corrected chi connectivity index (χ2v) is 4.73. The second kappa shape index (κ2) is 5.38. The first-order valence-corrected chi connectivity index (χ1v) is 6.57. The number of fused-ring (bicyclic) bond motifs is 1. The first kappa shape index (κ1) is 12.9. The summed E-state index contributed by atoms with van der Waals surface area (Å²) in [6.07, 6.45) is 5.34. The van der Waals surface area contributed by atoms with Crippen LogP contribution in [0.15, 0.2) is 11.0 Å². The molecule has 0 aromatic carbocycles. The molecule has 0 spiro atoms. The van der Waals surface area contributed by atoms with Gasteiger partial charge in [0.25, 0.3) is 0 Å². The van der Waals surface area contributed by atoms with Crippen LogP contribution in [0.4, 0.5) is 0 Å². The predicted octanol–water partition coefficient (Wildman–Crippen LogP) is 2.07. The quantitative estimate of drug-likeness (QED) is 0.834. The summed E-state index contributed by atoms with van der Waals surface area (Å²) < 4.78 is 4.89. The lowest BCUT2D eigenvalue weighted by Gasteiger charge is -2.22. The molecule has 1 aromatic rings. The number of ether oxygens (including phenoxy) is 1. The van der Waals surface area contributed by atoms with E-state index in [0.717, 1.165) is 36.9 Å².